The molecule has 1 atom stereocenters. The number of pyridine rings is 1. The Kier molecular flexibility index (Phi) is 5.62. The molecule has 1 unspecified atom stereocenters. The Morgan fingerprint density at radius 2 is 1.96 bits per heavy atom. The molecule has 0 saturated carbocycles. The van der Waals surface area contributed by atoms with Crippen molar-refractivity contribution in [1.29, 1.82) is 0 Å². The maximum absolute atomic E-state index is 12.6. The molecule has 1 saturated heterocycles. The molecule has 0 spiro atoms. The van der Waals surface area contributed by atoms with Crippen molar-refractivity contribution in [3.63, 3.8) is 0 Å². The van der Waals surface area contributed by atoms with E-state index in [0.29, 0.717) is 40.5 Å². The summed E-state index contributed by atoms with van der Waals surface area (Å²) in [7, 11) is 0. The fourth-order valence-electron chi connectivity index (χ4n) is 3.47. The van der Waals surface area contributed by atoms with Gasteiger partial charge in [0.1, 0.15) is 11.0 Å². The first-order valence-electron chi connectivity index (χ1n) is 8.98. The molecule has 1 aliphatic rings. The molecule has 2 aromatic heterocycles. The molecule has 9 heteroatoms. The minimum Gasteiger partial charge on any atom is -0.340 e. The molecule has 0 radical (unpaired) electrons. The number of nitrogens with one attached hydrogen (secondary N) is 2. The smallest absolute Gasteiger partial charge is 0.317 e. The van der Waals surface area contributed by atoms with E-state index in [0.717, 1.165) is 29.7 Å². The van der Waals surface area contributed by atoms with E-state index in [4.69, 9.17) is 34.8 Å². The Balaban J connectivity index is 1.41. The van der Waals surface area contributed by atoms with Gasteiger partial charge in [0.2, 0.25) is 0 Å². The Morgan fingerprint density at radius 3 is 2.75 bits per heavy atom. The topological polar surface area (TPSA) is 73.9 Å². The zero-order chi connectivity index (χ0) is 19.7. The standard InChI is InChI=1S/C19H18Cl3N5O/c20-13-6-11(7-14(21)8-13)9-23-19(28)27-5-1-2-12(10-27)17-24-15-3-4-16(22)25-18(15)26-17/h3-4,6-8,12H,1-2,5,9-10H2,(H,23,28)(H,24,25,26). The van der Waals surface area contributed by atoms with Crippen LogP contribution in [0.25, 0.3) is 11.2 Å². The fourth-order valence-corrected chi connectivity index (χ4v) is 4.18. The number of halogens is 3. The van der Waals surface area contributed by atoms with Gasteiger partial charge in [-0.2, -0.15) is 0 Å². The molecular weight excluding hydrogens is 421 g/mol. The van der Waals surface area contributed by atoms with Gasteiger partial charge in [0.25, 0.3) is 0 Å². The molecular formula is C19H18Cl3N5O. The predicted octanol–water partition coefficient (Wildman–Crippen LogP) is 5.01. The molecule has 2 N–H and O–H groups in total. The van der Waals surface area contributed by atoms with E-state index in [1.54, 1.807) is 24.3 Å². The quantitative estimate of drug-likeness (QED) is 0.565. The van der Waals surface area contributed by atoms with Crippen molar-refractivity contribution in [2.24, 2.45) is 0 Å². The number of imidazole rings is 1. The molecule has 2 amide bonds. The van der Waals surface area contributed by atoms with Gasteiger partial charge >= 0.3 is 6.03 Å². The summed E-state index contributed by atoms with van der Waals surface area (Å²) in [5, 5.41) is 4.45. The number of aromatic nitrogens is 3. The maximum Gasteiger partial charge on any atom is 0.317 e. The number of aromatic amines is 1. The van der Waals surface area contributed by atoms with Gasteiger partial charge in [-0.25, -0.2) is 14.8 Å². The van der Waals surface area contributed by atoms with Gasteiger partial charge in [-0.05, 0) is 48.7 Å². The van der Waals surface area contributed by atoms with Crippen molar-refractivity contribution in [1.82, 2.24) is 25.2 Å². The summed E-state index contributed by atoms with van der Waals surface area (Å²) in [6.45, 7) is 1.67. The Bertz CT molecular complexity index is 1000. The second kappa shape index (κ2) is 8.15. The largest absolute Gasteiger partial charge is 0.340 e. The van der Waals surface area contributed by atoms with E-state index in [1.807, 2.05) is 11.0 Å². The normalized spacial score (nSPS) is 17.1. The summed E-state index contributed by atoms with van der Waals surface area (Å²) in [4.78, 5) is 26.5. The number of benzene rings is 1. The van der Waals surface area contributed by atoms with Crippen LogP contribution >= 0.6 is 34.8 Å². The minimum atomic E-state index is -0.113. The van der Waals surface area contributed by atoms with Gasteiger partial charge in [-0.3, -0.25) is 0 Å². The number of urea groups is 1. The van der Waals surface area contributed by atoms with Crippen LogP contribution in [0.5, 0.6) is 0 Å². The molecule has 6 nitrogen and oxygen atoms in total. The van der Waals surface area contributed by atoms with Crippen molar-refractivity contribution in [2.75, 3.05) is 13.1 Å². The van der Waals surface area contributed by atoms with Crippen LogP contribution in [0.4, 0.5) is 4.79 Å². The number of piperidine rings is 1. The van der Waals surface area contributed by atoms with Crippen LogP contribution in [0.1, 0.15) is 30.1 Å². The third-order valence-electron chi connectivity index (χ3n) is 4.79. The van der Waals surface area contributed by atoms with Gasteiger partial charge in [-0.1, -0.05) is 34.8 Å². The lowest BCUT2D eigenvalue weighted by Gasteiger charge is -2.31. The van der Waals surface area contributed by atoms with Crippen LogP contribution in [0, 0.1) is 0 Å². The summed E-state index contributed by atoms with van der Waals surface area (Å²) in [5.74, 6) is 0.969. The zero-order valence-corrected chi connectivity index (χ0v) is 17.2. The third-order valence-corrected chi connectivity index (χ3v) is 5.44. The van der Waals surface area contributed by atoms with Gasteiger partial charge in [-0.15, -0.1) is 0 Å². The molecule has 0 aliphatic carbocycles. The molecule has 4 rings (SSSR count). The van der Waals surface area contributed by atoms with Gasteiger partial charge in [0.15, 0.2) is 5.65 Å². The summed E-state index contributed by atoms with van der Waals surface area (Å²) in [6, 6.07) is 8.73. The summed E-state index contributed by atoms with van der Waals surface area (Å²) < 4.78 is 0. The van der Waals surface area contributed by atoms with Crippen LogP contribution in [-0.2, 0) is 6.54 Å². The Labute approximate surface area is 177 Å². The van der Waals surface area contributed by atoms with E-state index in [-0.39, 0.29) is 11.9 Å². The van der Waals surface area contributed by atoms with Gasteiger partial charge < -0.3 is 15.2 Å². The maximum atomic E-state index is 12.6. The zero-order valence-electron chi connectivity index (χ0n) is 14.9. The van der Waals surface area contributed by atoms with Crippen molar-refractivity contribution < 1.29 is 4.79 Å². The second-order valence-corrected chi connectivity index (χ2v) is 8.11. The average Bonchev–Trinajstić information content (AvgIpc) is 3.08. The third kappa shape index (κ3) is 4.35. The summed E-state index contributed by atoms with van der Waals surface area (Å²) in [6.07, 6.45) is 1.87. The van der Waals surface area contributed by atoms with Crippen LogP contribution < -0.4 is 5.32 Å². The molecule has 146 valence electrons. The number of nitrogens with zero attached hydrogens (tertiary/aromatic N) is 3. The summed E-state index contributed by atoms with van der Waals surface area (Å²) in [5.41, 5.74) is 2.31. The number of hydrogen-bond donors (Lipinski definition) is 2. The van der Waals surface area contributed by atoms with E-state index in [2.05, 4.69) is 20.3 Å². The van der Waals surface area contributed by atoms with E-state index in [9.17, 15) is 4.79 Å². The highest BCUT2D eigenvalue weighted by Gasteiger charge is 2.27. The van der Waals surface area contributed by atoms with Crippen LogP contribution in [0.3, 0.4) is 0 Å². The van der Waals surface area contributed by atoms with Crippen LogP contribution in [0.15, 0.2) is 30.3 Å². The second-order valence-electron chi connectivity index (χ2n) is 6.85. The van der Waals surface area contributed by atoms with E-state index < -0.39 is 0 Å². The van der Waals surface area contributed by atoms with Crippen LogP contribution in [-0.4, -0.2) is 39.0 Å². The highest BCUT2D eigenvalue weighted by Crippen LogP contribution is 2.27. The molecule has 3 heterocycles. The summed E-state index contributed by atoms with van der Waals surface area (Å²) >= 11 is 18.0. The number of likely N-dealkylation sites (tertiary alicyclic amines) is 1. The average molecular weight is 439 g/mol. The number of amides is 2. The number of fused-ring (bicyclic) bond motifs is 1. The molecule has 1 fully saturated rings. The highest BCUT2D eigenvalue weighted by atomic mass is 35.5. The number of carbonyl (C=O) groups excluding carboxylic acids is 1. The lowest BCUT2D eigenvalue weighted by molar-refractivity contribution is 0.178. The molecule has 28 heavy (non-hydrogen) atoms. The van der Waals surface area contributed by atoms with E-state index in [1.165, 1.54) is 0 Å². The van der Waals surface area contributed by atoms with Gasteiger partial charge in [0.05, 0.1) is 5.52 Å². The number of rotatable bonds is 3. The molecule has 1 aliphatic heterocycles. The Morgan fingerprint density at radius 1 is 1.18 bits per heavy atom. The lowest BCUT2D eigenvalue weighted by atomic mass is 9.97. The number of hydrogen-bond acceptors (Lipinski definition) is 3. The van der Waals surface area contributed by atoms with E-state index >= 15 is 0 Å². The minimum absolute atomic E-state index is 0.113. The van der Waals surface area contributed by atoms with Crippen molar-refractivity contribution >= 4 is 52.0 Å². The Hall–Kier alpha value is -2.02. The molecule has 3 aromatic rings. The van der Waals surface area contributed by atoms with Crippen molar-refractivity contribution in [2.45, 2.75) is 25.3 Å². The predicted molar refractivity (Wildman–Crippen MR) is 111 cm³/mol. The monoisotopic (exact) mass is 437 g/mol. The first-order chi connectivity index (χ1) is 13.5. The SMILES string of the molecule is O=C(NCc1cc(Cl)cc(Cl)c1)N1CCCC(c2nc3nc(Cl)ccc3[nH]2)C1. The van der Waals surface area contributed by atoms with Crippen molar-refractivity contribution in [3.05, 3.63) is 56.9 Å². The highest BCUT2D eigenvalue weighted by molar-refractivity contribution is 6.34. The number of carbonyl (C=O) groups is 1. The molecule has 0 bridgehead atoms. The number of H-pyrrole nitrogens is 1. The first kappa shape index (κ1) is 19.3. The van der Waals surface area contributed by atoms with Crippen molar-refractivity contribution in [3.8, 4) is 0 Å². The lowest BCUT2D eigenvalue weighted by Crippen LogP contribution is -2.44. The van der Waals surface area contributed by atoms with Gasteiger partial charge in [0, 0.05) is 35.6 Å². The molecule has 1 aromatic carbocycles. The van der Waals surface area contributed by atoms with Crippen LogP contribution in [0.2, 0.25) is 15.2 Å². The fraction of sp³-hybridized carbons (Fsp3) is 0.316. The first-order valence-corrected chi connectivity index (χ1v) is 10.1.